The fourth-order valence-electron chi connectivity index (χ4n) is 8.80. The van der Waals surface area contributed by atoms with Crippen LogP contribution >= 0.6 is 0 Å². The van der Waals surface area contributed by atoms with E-state index in [4.69, 9.17) is 4.74 Å². The molecule has 0 bridgehead atoms. The highest BCUT2D eigenvalue weighted by molar-refractivity contribution is 5.99. The van der Waals surface area contributed by atoms with E-state index >= 15 is 0 Å². The molecule has 0 aromatic carbocycles. The summed E-state index contributed by atoms with van der Waals surface area (Å²) in [5.74, 6) is 2.10. The zero-order valence-corrected chi connectivity index (χ0v) is 20.4. The van der Waals surface area contributed by atoms with Crippen LogP contribution in [0.1, 0.15) is 78.6 Å². The Balaban J connectivity index is 1.63. The van der Waals surface area contributed by atoms with E-state index in [1.165, 1.54) is 7.11 Å². The third kappa shape index (κ3) is 3.52. The molecule has 4 aliphatic rings. The molecule has 0 aromatic rings. The second kappa shape index (κ2) is 8.74. The average Bonchev–Trinajstić information content (AvgIpc) is 3.12. The van der Waals surface area contributed by atoms with E-state index in [0.717, 1.165) is 56.9 Å². The summed E-state index contributed by atoms with van der Waals surface area (Å²) in [7, 11) is 1.45. The van der Waals surface area contributed by atoms with Crippen LogP contribution in [0.4, 0.5) is 0 Å². The standard InChI is InChI=1S/C28H42O4/c1-6-17(8-11-24(30)32-5)20-9-10-21-25-22(13-15-27(20,21)3)28(4)14-12-18(29)16-23(28)19(7-2)26(25)31/h6-7,17-18,20-23,25,29H,1,8-16H2,2-5H3/b19-7+/t17-,18-,20?,21?,22?,23+,25?,27-,28-/m1/s1. The highest BCUT2D eigenvalue weighted by Crippen LogP contribution is 2.68. The number of carbonyl (C=O) groups excluding carboxylic acids is 2. The van der Waals surface area contributed by atoms with Crippen molar-refractivity contribution in [1.29, 1.82) is 0 Å². The molecule has 4 heteroatoms. The first-order valence-corrected chi connectivity index (χ1v) is 12.8. The van der Waals surface area contributed by atoms with E-state index in [-0.39, 0.29) is 40.7 Å². The van der Waals surface area contributed by atoms with Gasteiger partial charge in [0, 0.05) is 12.3 Å². The number of ketones is 1. The smallest absolute Gasteiger partial charge is 0.305 e. The van der Waals surface area contributed by atoms with Crippen molar-refractivity contribution in [3.05, 3.63) is 24.3 Å². The first-order valence-electron chi connectivity index (χ1n) is 12.8. The number of fused-ring (bicyclic) bond motifs is 5. The van der Waals surface area contributed by atoms with E-state index in [9.17, 15) is 14.7 Å². The van der Waals surface area contributed by atoms with Crippen LogP contribution in [-0.2, 0) is 14.3 Å². The Morgan fingerprint density at radius 3 is 2.53 bits per heavy atom. The number of aliphatic hydroxyl groups excluding tert-OH is 1. The molecule has 9 atom stereocenters. The van der Waals surface area contributed by atoms with Crippen LogP contribution in [0.5, 0.6) is 0 Å². The van der Waals surface area contributed by atoms with E-state index in [1.807, 2.05) is 13.0 Å². The lowest BCUT2D eigenvalue weighted by Gasteiger charge is -2.61. The number of methoxy groups -OCH3 is 1. The molecule has 0 spiro atoms. The third-order valence-electron chi connectivity index (χ3n) is 10.5. The van der Waals surface area contributed by atoms with Gasteiger partial charge in [-0.1, -0.05) is 26.0 Å². The zero-order chi connectivity index (χ0) is 23.3. The second-order valence-corrected chi connectivity index (χ2v) is 11.6. The van der Waals surface area contributed by atoms with Gasteiger partial charge in [0.15, 0.2) is 5.78 Å². The van der Waals surface area contributed by atoms with E-state index in [0.29, 0.717) is 30.0 Å². The molecule has 178 valence electrons. The Labute approximate surface area is 193 Å². The molecule has 4 aliphatic carbocycles. The van der Waals surface area contributed by atoms with E-state index < -0.39 is 0 Å². The molecule has 1 N–H and O–H groups in total. The van der Waals surface area contributed by atoms with Crippen molar-refractivity contribution in [2.75, 3.05) is 7.11 Å². The van der Waals surface area contributed by atoms with Gasteiger partial charge in [-0.05, 0) is 104 Å². The topological polar surface area (TPSA) is 63.6 Å². The maximum Gasteiger partial charge on any atom is 0.305 e. The van der Waals surface area contributed by atoms with Crippen molar-refractivity contribution in [3.8, 4) is 0 Å². The lowest BCUT2D eigenvalue weighted by Crippen LogP contribution is -2.58. The Bertz CT molecular complexity index is 799. The number of allylic oxidation sites excluding steroid dienone is 3. The first-order chi connectivity index (χ1) is 15.2. The normalized spacial score (nSPS) is 45.5. The summed E-state index contributed by atoms with van der Waals surface area (Å²) in [6.45, 7) is 11.0. The highest BCUT2D eigenvalue weighted by Gasteiger charge is 2.64. The Morgan fingerprint density at radius 1 is 1.19 bits per heavy atom. The van der Waals surface area contributed by atoms with E-state index in [1.54, 1.807) is 0 Å². The minimum atomic E-state index is -0.278. The molecule has 0 aromatic heterocycles. The molecule has 4 unspecified atom stereocenters. The lowest BCUT2D eigenvalue weighted by atomic mass is 9.43. The van der Waals surface area contributed by atoms with Gasteiger partial charge >= 0.3 is 5.97 Å². The number of esters is 1. The van der Waals surface area contributed by atoms with Gasteiger partial charge in [0.2, 0.25) is 0 Å². The predicted octanol–water partition coefficient (Wildman–Crippen LogP) is 5.50. The summed E-state index contributed by atoms with van der Waals surface area (Å²) in [6.07, 6.45) is 12.1. The van der Waals surface area contributed by atoms with Crippen LogP contribution in [0.2, 0.25) is 0 Å². The number of aliphatic hydroxyl groups is 1. The highest BCUT2D eigenvalue weighted by atomic mass is 16.5. The summed E-state index contributed by atoms with van der Waals surface area (Å²) in [5, 5.41) is 10.4. The summed E-state index contributed by atoms with van der Waals surface area (Å²) < 4.78 is 4.88. The van der Waals surface area contributed by atoms with Crippen LogP contribution < -0.4 is 0 Å². The number of carbonyl (C=O) groups is 2. The van der Waals surface area contributed by atoms with E-state index in [2.05, 4.69) is 26.5 Å². The maximum absolute atomic E-state index is 13.9. The minimum absolute atomic E-state index is 0.104. The fraction of sp³-hybridized carbons (Fsp3) is 0.786. The summed E-state index contributed by atoms with van der Waals surface area (Å²) >= 11 is 0. The average molecular weight is 443 g/mol. The Hall–Kier alpha value is -1.42. The molecule has 4 rings (SSSR count). The number of hydrogen-bond donors (Lipinski definition) is 1. The van der Waals surface area contributed by atoms with Gasteiger partial charge in [-0.15, -0.1) is 6.58 Å². The summed E-state index contributed by atoms with van der Waals surface area (Å²) in [4.78, 5) is 25.7. The largest absolute Gasteiger partial charge is 0.469 e. The Kier molecular flexibility index (Phi) is 6.48. The number of rotatable bonds is 5. The Morgan fingerprint density at radius 2 is 1.88 bits per heavy atom. The van der Waals surface area contributed by atoms with Gasteiger partial charge < -0.3 is 9.84 Å². The van der Waals surface area contributed by atoms with Crippen molar-refractivity contribution >= 4 is 11.8 Å². The molecule has 0 heterocycles. The number of hydrogen-bond acceptors (Lipinski definition) is 4. The molecule has 0 radical (unpaired) electrons. The molecule has 4 fully saturated rings. The van der Waals surface area contributed by atoms with Crippen molar-refractivity contribution in [2.24, 2.45) is 46.3 Å². The predicted molar refractivity (Wildman–Crippen MR) is 126 cm³/mol. The molecule has 4 nitrogen and oxygen atoms in total. The van der Waals surface area contributed by atoms with Crippen LogP contribution in [0.15, 0.2) is 24.3 Å². The van der Waals surface area contributed by atoms with Crippen LogP contribution in [0.3, 0.4) is 0 Å². The maximum atomic E-state index is 13.9. The molecule has 0 amide bonds. The van der Waals surface area contributed by atoms with Crippen LogP contribution in [0.25, 0.3) is 0 Å². The number of ether oxygens (including phenoxy) is 1. The van der Waals surface area contributed by atoms with Gasteiger partial charge in [-0.2, -0.15) is 0 Å². The number of Topliss-reactive ketones (excluding diaryl/α,β-unsaturated/α-hetero) is 1. The third-order valence-corrected chi connectivity index (χ3v) is 10.5. The van der Waals surface area contributed by atoms with Crippen molar-refractivity contribution in [1.82, 2.24) is 0 Å². The summed E-state index contributed by atoms with van der Waals surface area (Å²) in [6, 6.07) is 0. The molecule has 32 heavy (non-hydrogen) atoms. The molecular weight excluding hydrogens is 400 g/mol. The zero-order valence-electron chi connectivity index (χ0n) is 20.4. The summed E-state index contributed by atoms with van der Waals surface area (Å²) in [5.41, 5.74) is 1.22. The molecular formula is C28H42O4. The van der Waals surface area contributed by atoms with Gasteiger partial charge in [0.1, 0.15) is 0 Å². The van der Waals surface area contributed by atoms with Crippen molar-refractivity contribution in [2.45, 2.75) is 84.7 Å². The first kappa shape index (κ1) is 23.7. The van der Waals surface area contributed by atoms with Gasteiger partial charge in [-0.25, -0.2) is 0 Å². The van der Waals surface area contributed by atoms with Gasteiger partial charge in [0.25, 0.3) is 0 Å². The minimum Gasteiger partial charge on any atom is -0.469 e. The molecule has 0 saturated heterocycles. The fourth-order valence-corrected chi connectivity index (χ4v) is 8.80. The lowest BCUT2D eigenvalue weighted by molar-refractivity contribution is -0.149. The monoisotopic (exact) mass is 442 g/mol. The van der Waals surface area contributed by atoms with Crippen molar-refractivity contribution in [3.63, 3.8) is 0 Å². The van der Waals surface area contributed by atoms with Gasteiger partial charge in [0.05, 0.1) is 13.2 Å². The van der Waals surface area contributed by atoms with Crippen LogP contribution in [-0.4, -0.2) is 30.1 Å². The quantitative estimate of drug-likeness (QED) is 0.347. The van der Waals surface area contributed by atoms with Gasteiger partial charge in [-0.3, -0.25) is 9.59 Å². The molecule has 0 aliphatic heterocycles. The van der Waals surface area contributed by atoms with Crippen molar-refractivity contribution < 1.29 is 19.4 Å². The van der Waals surface area contributed by atoms with Crippen LogP contribution in [0, 0.1) is 46.3 Å². The SMILES string of the molecule is C=C[C@H](CCC(=O)OC)C1CCC2C3C(=O)/C(=C/C)[C@@H]4C[C@H](O)CC[C@]4(C)C3CC[C@@]21C. The second-order valence-electron chi connectivity index (χ2n) is 11.6. The molecule has 4 saturated carbocycles.